The fourth-order valence-corrected chi connectivity index (χ4v) is 3.42. The van der Waals surface area contributed by atoms with Gasteiger partial charge in [0, 0.05) is 5.56 Å². The first kappa shape index (κ1) is 18.8. The lowest BCUT2D eigenvalue weighted by molar-refractivity contribution is 0.197. The Morgan fingerprint density at radius 2 is 1.62 bits per heavy atom. The first-order valence-corrected chi connectivity index (χ1v) is 9.56. The van der Waals surface area contributed by atoms with Crippen molar-refractivity contribution >= 4 is 5.90 Å². The first-order valence-electron chi connectivity index (χ1n) is 9.56. The fraction of sp³-hybridized carbons (Fsp3) is 0.160. The molecular weight excluding hydrogens is 362 g/mol. The molecule has 3 aromatic carbocycles. The van der Waals surface area contributed by atoms with Crippen molar-refractivity contribution in [3.05, 3.63) is 108 Å². The van der Waals surface area contributed by atoms with Crippen LogP contribution in [0.2, 0.25) is 0 Å². The quantitative estimate of drug-likeness (QED) is 0.503. The van der Waals surface area contributed by atoms with Crippen molar-refractivity contribution in [2.45, 2.75) is 12.1 Å². The zero-order valence-corrected chi connectivity index (χ0v) is 16.3. The predicted octanol–water partition coefficient (Wildman–Crippen LogP) is 5.52. The number of ether oxygens (including phenoxy) is 3. The monoisotopic (exact) mass is 385 g/mol. The van der Waals surface area contributed by atoms with Gasteiger partial charge >= 0.3 is 0 Å². The molecular formula is C25H23NO3. The maximum atomic E-state index is 6.37. The van der Waals surface area contributed by atoms with Crippen molar-refractivity contribution in [1.29, 1.82) is 0 Å². The number of aliphatic imine (C=N–C) groups is 1. The number of benzene rings is 3. The van der Waals surface area contributed by atoms with Crippen molar-refractivity contribution in [3.8, 4) is 11.5 Å². The molecule has 4 rings (SSSR count). The Hall–Kier alpha value is -3.53. The van der Waals surface area contributed by atoms with Gasteiger partial charge in [0.1, 0.15) is 12.6 Å². The van der Waals surface area contributed by atoms with Crippen molar-refractivity contribution in [2.75, 3.05) is 13.7 Å². The summed E-state index contributed by atoms with van der Waals surface area (Å²) in [5.41, 5.74) is 3.06. The van der Waals surface area contributed by atoms with Gasteiger partial charge in [-0.3, -0.25) is 0 Å². The SMILES string of the molecule is C=CCOc1cc(C2=N[C@H](c3ccccc3)[C@@H](c3ccccc3)O2)ccc1OC. The summed E-state index contributed by atoms with van der Waals surface area (Å²) in [5, 5.41) is 0. The summed E-state index contributed by atoms with van der Waals surface area (Å²) in [6, 6.07) is 26.0. The van der Waals surface area contributed by atoms with E-state index in [4.69, 9.17) is 19.2 Å². The lowest BCUT2D eigenvalue weighted by atomic mass is 9.97. The molecule has 4 heteroatoms. The van der Waals surface area contributed by atoms with E-state index in [2.05, 4.69) is 30.8 Å². The number of methoxy groups -OCH3 is 1. The van der Waals surface area contributed by atoms with Crippen LogP contribution in [0.5, 0.6) is 11.5 Å². The standard InChI is InChI=1S/C25H23NO3/c1-3-16-28-22-17-20(14-15-21(22)27-2)25-26-23(18-10-6-4-7-11-18)24(29-25)19-12-8-5-9-13-19/h3-15,17,23-24H,1,16H2,2H3/t23-,24-/m1/s1. The van der Waals surface area contributed by atoms with Crippen molar-refractivity contribution in [3.63, 3.8) is 0 Å². The van der Waals surface area contributed by atoms with Crippen molar-refractivity contribution < 1.29 is 14.2 Å². The average Bonchev–Trinajstić information content (AvgIpc) is 3.24. The van der Waals surface area contributed by atoms with E-state index >= 15 is 0 Å². The Bertz CT molecular complexity index is 999. The number of rotatable bonds is 7. The first-order chi connectivity index (χ1) is 14.3. The lowest BCUT2D eigenvalue weighted by Gasteiger charge is -2.18. The molecule has 0 bridgehead atoms. The van der Waals surface area contributed by atoms with Crippen LogP contribution in [-0.2, 0) is 4.74 Å². The van der Waals surface area contributed by atoms with E-state index in [9.17, 15) is 0 Å². The molecule has 1 aliphatic heterocycles. The van der Waals surface area contributed by atoms with Crippen molar-refractivity contribution in [2.24, 2.45) is 4.99 Å². The van der Waals surface area contributed by atoms with Crippen LogP contribution in [0.15, 0.2) is 96.5 Å². The molecule has 0 spiro atoms. The number of hydrogen-bond donors (Lipinski definition) is 0. The van der Waals surface area contributed by atoms with Gasteiger partial charge in [-0.1, -0.05) is 73.3 Å². The number of hydrogen-bond acceptors (Lipinski definition) is 4. The Morgan fingerprint density at radius 3 is 2.28 bits per heavy atom. The maximum absolute atomic E-state index is 6.37. The second-order valence-corrected chi connectivity index (χ2v) is 6.70. The molecule has 4 nitrogen and oxygen atoms in total. The van der Waals surface area contributed by atoms with Crippen LogP contribution in [0.4, 0.5) is 0 Å². The van der Waals surface area contributed by atoms with E-state index in [0.29, 0.717) is 24.0 Å². The van der Waals surface area contributed by atoms with E-state index in [1.165, 1.54) is 0 Å². The van der Waals surface area contributed by atoms with Crippen LogP contribution < -0.4 is 9.47 Å². The van der Waals surface area contributed by atoms with E-state index in [1.807, 2.05) is 54.6 Å². The highest BCUT2D eigenvalue weighted by atomic mass is 16.5. The van der Waals surface area contributed by atoms with Gasteiger partial charge in [0.2, 0.25) is 5.90 Å². The molecule has 1 aliphatic rings. The number of nitrogens with zero attached hydrogens (tertiary/aromatic N) is 1. The summed E-state index contributed by atoms with van der Waals surface area (Å²) in [6.07, 6.45) is 1.51. The molecule has 0 radical (unpaired) electrons. The lowest BCUT2D eigenvalue weighted by Crippen LogP contribution is -2.09. The van der Waals surface area contributed by atoms with Crippen LogP contribution >= 0.6 is 0 Å². The summed E-state index contributed by atoms with van der Waals surface area (Å²) in [6.45, 7) is 4.10. The second kappa shape index (κ2) is 8.65. The molecule has 0 N–H and O–H groups in total. The molecule has 1 heterocycles. The summed E-state index contributed by atoms with van der Waals surface area (Å²) in [7, 11) is 1.62. The highest BCUT2D eigenvalue weighted by Gasteiger charge is 2.34. The van der Waals surface area contributed by atoms with Crippen molar-refractivity contribution in [1.82, 2.24) is 0 Å². The molecule has 3 aromatic rings. The van der Waals surface area contributed by atoms with Gasteiger partial charge in [0.25, 0.3) is 0 Å². The van der Waals surface area contributed by atoms with Crippen LogP contribution in [0.25, 0.3) is 0 Å². The average molecular weight is 385 g/mol. The van der Waals surface area contributed by atoms with E-state index in [-0.39, 0.29) is 12.1 Å². The highest BCUT2D eigenvalue weighted by molar-refractivity contribution is 5.96. The zero-order chi connectivity index (χ0) is 20.1. The van der Waals surface area contributed by atoms with Crippen LogP contribution in [0.3, 0.4) is 0 Å². The molecule has 2 atom stereocenters. The molecule has 0 saturated heterocycles. The normalized spacial score (nSPS) is 17.9. The van der Waals surface area contributed by atoms with E-state index in [0.717, 1.165) is 16.7 Å². The predicted molar refractivity (Wildman–Crippen MR) is 115 cm³/mol. The van der Waals surface area contributed by atoms with Gasteiger partial charge in [0.15, 0.2) is 17.6 Å². The Morgan fingerprint density at radius 1 is 0.931 bits per heavy atom. The third-order valence-electron chi connectivity index (χ3n) is 4.82. The topological polar surface area (TPSA) is 40.0 Å². The molecule has 0 saturated carbocycles. The zero-order valence-electron chi connectivity index (χ0n) is 16.3. The molecule has 0 unspecified atom stereocenters. The Kier molecular flexibility index (Phi) is 5.61. The van der Waals surface area contributed by atoms with Crippen LogP contribution in [0, 0.1) is 0 Å². The van der Waals surface area contributed by atoms with Gasteiger partial charge in [-0.15, -0.1) is 0 Å². The van der Waals surface area contributed by atoms with Gasteiger partial charge < -0.3 is 14.2 Å². The van der Waals surface area contributed by atoms with Crippen LogP contribution in [0.1, 0.15) is 28.8 Å². The summed E-state index contributed by atoms with van der Waals surface area (Å²) in [5.74, 6) is 1.89. The second-order valence-electron chi connectivity index (χ2n) is 6.70. The molecule has 0 amide bonds. The van der Waals surface area contributed by atoms with E-state index in [1.54, 1.807) is 13.2 Å². The minimum absolute atomic E-state index is 0.117. The highest BCUT2D eigenvalue weighted by Crippen LogP contribution is 2.41. The molecule has 146 valence electrons. The summed E-state index contributed by atoms with van der Waals surface area (Å²) < 4.78 is 17.5. The van der Waals surface area contributed by atoms with Gasteiger partial charge in [-0.2, -0.15) is 0 Å². The van der Waals surface area contributed by atoms with Gasteiger partial charge in [0.05, 0.1) is 7.11 Å². The third kappa shape index (κ3) is 4.02. The molecule has 29 heavy (non-hydrogen) atoms. The Balaban J connectivity index is 1.71. The molecule has 0 fully saturated rings. The summed E-state index contributed by atoms with van der Waals surface area (Å²) >= 11 is 0. The van der Waals surface area contributed by atoms with E-state index < -0.39 is 0 Å². The summed E-state index contributed by atoms with van der Waals surface area (Å²) in [4.78, 5) is 4.94. The minimum atomic E-state index is -0.187. The largest absolute Gasteiger partial charge is 0.493 e. The van der Waals surface area contributed by atoms with Gasteiger partial charge in [-0.25, -0.2) is 4.99 Å². The van der Waals surface area contributed by atoms with Gasteiger partial charge in [-0.05, 0) is 29.3 Å². The molecule has 0 aliphatic carbocycles. The Labute approximate surface area is 171 Å². The molecule has 0 aromatic heterocycles. The van der Waals surface area contributed by atoms with Crippen LogP contribution in [-0.4, -0.2) is 19.6 Å². The smallest absolute Gasteiger partial charge is 0.217 e. The minimum Gasteiger partial charge on any atom is -0.493 e. The third-order valence-corrected chi connectivity index (χ3v) is 4.82. The maximum Gasteiger partial charge on any atom is 0.217 e. The fourth-order valence-electron chi connectivity index (χ4n) is 3.42.